The van der Waals surface area contributed by atoms with Crippen molar-refractivity contribution in [3.05, 3.63) is 35.4 Å². The fourth-order valence-electron chi connectivity index (χ4n) is 3.07. The van der Waals surface area contributed by atoms with Crippen LogP contribution in [0.3, 0.4) is 0 Å². The molecule has 0 aromatic heterocycles. The molecule has 2 rings (SSSR count). The summed E-state index contributed by atoms with van der Waals surface area (Å²) in [5, 5.41) is 0. The van der Waals surface area contributed by atoms with Crippen molar-refractivity contribution < 1.29 is 8.78 Å². The first kappa shape index (κ1) is 15.4. The van der Waals surface area contributed by atoms with Gasteiger partial charge in [-0.3, -0.25) is 4.90 Å². The van der Waals surface area contributed by atoms with Gasteiger partial charge in [0.05, 0.1) is 0 Å². The van der Waals surface area contributed by atoms with E-state index in [1.54, 1.807) is 0 Å². The molecule has 0 bridgehead atoms. The minimum absolute atomic E-state index is 0.498. The lowest BCUT2D eigenvalue weighted by molar-refractivity contribution is 0.147. The molecule has 4 heteroatoms. The lowest BCUT2D eigenvalue weighted by atomic mass is 9.93. The molecule has 1 aliphatic carbocycles. The molecular formula is C16H24F2N2. The minimum Gasteiger partial charge on any atom is -0.330 e. The number of hydrogen-bond donors (Lipinski definition) is 1. The predicted molar refractivity (Wildman–Crippen MR) is 77.3 cm³/mol. The molecule has 0 unspecified atom stereocenters. The highest BCUT2D eigenvalue weighted by molar-refractivity contribution is 5.18. The molecule has 0 spiro atoms. The van der Waals surface area contributed by atoms with Crippen molar-refractivity contribution in [2.75, 3.05) is 13.1 Å². The molecule has 2 N–H and O–H groups in total. The van der Waals surface area contributed by atoms with Gasteiger partial charge in [0, 0.05) is 18.7 Å². The Morgan fingerprint density at radius 2 is 1.70 bits per heavy atom. The van der Waals surface area contributed by atoms with Crippen LogP contribution in [0.4, 0.5) is 8.78 Å². The van der Waals surface area contributed by atoms with E-state index in [0.29, 0.717) is 24.7 Å². The maximum Gasteiger partial charge on any atom is 0.126 e. The Balaban J connectivity index is 2.05. The minimum atomic E-state index is -0.498. The Hall–Kier alpha value is -1.00. The first-order valence-corrected chi connectivity index (χ1v) is 7.58. The summed E-state index contributed by atoms with van der Waals surface area (Å²) in [4.78, 5) is 2.35. The van der Waals surface area contributed by atoms with Crippen molar-refractivity contribution in [2.45, 2.75) is 51.1 Å². The first-order chi connectivity index (χ1) is 9.69. The Morgan fingerprint density at radius 1 is 1.05 bits per heavy atom. The van der Waals surface area contributed by atoms with Crippen LogP contribution in [0.15, 0.2) is 18.2 Å². The van der Waals surface area contributed by atoms with Gasteiger partial charge in [0.1, 0.15) is 11.6 Å². The largest absolute Gasteiger partial charge is 0.330 e. The smallest absolute Gasteiger partial charge is 0.126 e. The normalized spacial score (nSPS) is 16.8. The quantitative estimate of drug-likeness (QED) is 0.866. The van der Waals surface area contributed by atoms with E-state index in [-0.39, 0.29) is 0 Å². The summed E-state index contributed by atoms with van der Waals surface area (Å²) < 4.78 is 26.6. The van der Waals surface area contributed by atoms with Crippen LogP contribution in [-0.4, -0.2) is 24.0 Å². The molecular weight excluding hydrogens is 258 g/mol. The van der Waals surface area contributed by atoms with Crippen LogP contribution in [0, 0.1) is 11.6 Å². The van der Waals surface area contributed by atoms with Crippen molar-refractivity contribution in [1.82, 2.24) is 4.90 Å². The molecule has 0 atom stereocenters. The zero-order valence-corrected chi connectivity index (χ0v) is 12.0. The molecule has 1 aromatic rings. The molecule has 112 valence electrons. The van der Waals surface area contributed by atoms with E-state index in [0.717, 1.165) is 19.0 Å². The summed E-state index contributed by atoms with van der Waals surface area (Å²) in [6.07, 6.45) is 7.09. The standard InChI is InChI=1S/C16H24F2N2/c17-14-9-13(10-15(18)11-14)12-20(8-4-7-19)16-5-2-1-3-6-16/h9-11,16H,1-8,12,19H2. The zero-order valence-electron chi connectivity index (χ0n) is 12.0. The third kappa shape index (κ3) is 4.53. The highest BCUT2D eigenvalue weighted by atomic mass is 19.1. The lowest BCUT2D eigenvalue weighted by Gasteiger charge is -2.34. The second-order valence-electron chi connectivity index (χ2n) is 5.68. The van der Waals surface area contributed by atoms with Crippen molar-refractivity contribution in [3.8, 4) is 0 Å². The summed E-state index contributed by atoms with van der Waals surface area (Å²) in [7, 11) is 0. The van der Waals surface area contributed by atoms with Gasteiger partial charge in [-0.15, -0.1) is 0 Å². The fraction of sp³-hybridized carbons (Fsp3) is 0.625. The molecule has 0 radical (unpaired) electrons. The van der Waals surface area contributed by atoms with E-state index in [1.165, 1.54) is 44.2 Å². The van der Waals surface area contributed by atoms with E-state index in [1.807, 2.05) is 0 Å². The molecule has 1 aliphatic rings. The van der Waals surface area contributed by atoms with Gasteiger partial charge >= 0.3 is 0 Å². The predicted octanol–water partition coefficient (Wildman–Crippen LogP) is 3.45. The third-order valence-electron chi connectivity index (χ3n) is 4.05. The molecule has 20 heavy (non-hydrogen) atoms. The molecule has 1 saturated carbocycles. The first-order valence-electron chi connectivity index (χ1n) is 7.58. The second kappa shape index (κ2) is 7.70. The van der Waals surface area contributed by atoms with Crippen molar-refractivity contribution in [3.63, 3.8) is 0 Å². The Bertz CT molecular complexity index is 397. The van der Waals surface area contributed by atoms with Crippen LogP contribution in [0.2, 0.25) is 0 Å². The van der Waals surface area contributed by atoms with Crippen LogP contribution in [0.5, 0.6) is 0 Å². The van der Waals surface area contributed by atoms with Gasteiger partial charge in [-0.05, 0) is 50.0 Å². The van der Waals surface area contributed by atoms with Crippen LogP contribution in [0.25, 0.3) is 0 Å². The number of hydrogen-bond acceptors (Lipinski definition) is 2. The van der Waals surface area contributed by atoms with Crippen LogP contribution in [-0.2, 0) is 6.54 Å². The number of rotatable bonds is 6. The van der Waals surface area contributed by atoms with E-state index < -0.39 is 11.6 Å². The number of benzene rings is 1. The van der Waals surface area contributed by atoms with Crippen molar-refractivity contribution in [1.29, 1.82) is 0 Å². The molecule has 0 saturated heterocycles. The van der Waals surface area contributed by atoms with E-state index in [4.69, 9.17) is 5.73 Å². The molecule has 2 nitrogen and oxygen atoms in total. The van der Waals surface area contributed by atoms with Gasteiger partial charge in [0.15, 0.2) is 0 Å². The summed E-state index contributed by atoms with van der Waals surface area (Å²) in [6.45, 7) is 2.17. The maximum atomic E-state index is 13.3. The van der Waals surface area contributed by atoms with Crippen LogP contribution >= 0.6 is 0 Å². The molecule has 0 aliphatic heterocycles. The Kier molecular flexibility index (Phi) is 5.92. The molecule has 1 aromatic carbocycles. The van der Waals surface area contributed by atoms with Crippen molar-refractivity contribution in [2.24, 2.45) is 5.73 Å². The Labute approximate surface area is 120 Å². The molecule has 1 fully saturated rings. The zero-order chi connectivity index (χ0) is 14.4. The fourth-order valence-corrected chi connectivity index (χ4v) is 3.07. The summed E-state index contributed by atoms with van der Waals surface area (Å²) in [5.74, 6) is -0.996. The Morgan fingerprint density at radius 3 is 2.30 bits per heavy atom. The molecule has 0 heterocycles. The number of nitrogens with two attached hydrogens (primary N) is 1. The maximum absolute atomic E-state index is 13.3. The average molecular weight is 282 g/mol. The highest BCUT2D eigenvalue weighted by Crippen LogP contribution is 2.24. The second-order valence-corrected chi connectivity index (χ2v) is 5.68. The van der Waals surface area contributed by atoms with Gasteiger partial charge in [0.2, 0.25) is 0 Å². The van der Waals surface area contributed by atoms with Gasteiger partial charge in [-0.25, -0.2) is 8.78 Å². The summed E-state index contributed by atoms with van der Waals surface area (Å²) in [5.41, 5.74) is 6.31. The van der Waals surface area contributed by atoms with E-state index in [2.05, 4.69) is 4.90 Å². The van der Waals surface area contributed by atoms with E-state index >= 15 is 0 Å². The van der Waals surface area contributed by atoms with Crippen molar-refractivity contribution >= 4 is 0 Å². The lowest BCUT2D eigenvalue weighted by Crippen LogP contribution is -2.37. The summed E-state index contributed by atoms with van der Waals surface area (Å²) >= 11 is 0. The van der Waals surface area contributed by atoms with Crippen LogP contribution in [0.1, 0.15) is 44.1 Å². The van der Waals surface area contributed by atoms with Gasteiger partial charge in [0.25, 0.3) is 0 Å². The number of nitrogens with zero attached hydrogens (tertiary/aromatic N) is 1. The van der Waals surface area contributed by atoms with Gasteiger partial charge in [-0.1, -0.05) is 19.3 Å². The average Bonchev–Trinajstić information content (AvgIpc) is 2.43. The monoisotopic (exact) mass is 282 g/mol. The van der Waals surface area contributed by atoms with Gasteiger partial charge < -0.3 is 5.73 Å². The highest BCUT2D eigenvalue weighted by Gasteiger charge is 2.21. The van der Waals surface area contributed by atoms with Gasteiger partial charge in [-0.2, -0.15) is 0 Å². The topological polar surface area (TPSA) is 29.3 Å². The van der Waals surface area contributed by atoms with Crippen LogP contribution < -0.4 is 5.73 Å². The third-order valence-corrected chi connectivity index (χ3v) is 4.05. The SMILES string of the molecule is NCCCN(Cc1cc(F)cc(F)c1)C1CCCCC1. The van der Waals surface area contributed by atoms with E-state index in [9.17, 15) is 8.78 Å². The molecule has 0 amide bonds. The number of halogens is 2. The summed E-state index contributed by atoms with van der Waals surface area (Å²) in [6, 6.07) is 4.32.